The van der Waals surface area contributed by atoms with Gasteiger partial charge in [-0.1, -0.05) is 24.3 Å². The van der Waals surface area contributed by atoms with Crippen LogP contribution < -0.4 is 4.74 Å². The fourth-order valence-corrected chi connectivity index (χ4v) is 3.98. The minimum atomic E-state index is -0.0225. The maximum absolute atomic E-state index is 9.85. The molecule has 2 N–H and O–H groups in total. The number of ether oxygens (including phenoxy) is 1. The lowest BCUT2D eigenvalue weighted by Crippen LogP contribution is -2.32. The van der Waals surface area contributed by atoms with Gasteiger partial charge in [0.1, 0.15) is 23.4 Å². The molecular formula is C20H20O3. The number of hydrogen-bond donors (Lipinski definition) is 2. The van der Waals surface area contributed by atoms with Gasteiger partial charge in [-0.3, -0.25) is 0 Å². The molecule has 2 aliphatic rings. The van der Waals surface area contributed by atoms with Crippen molar-refractivity contribution in [3.63, 3.8) is 0 Å². The van der Waals surface area contributed by atoms with Crippen molar-refractivity contribution in [3.05, 3.63) is 65.7 Å². The second kappa shape index (κ2) is 5.34. The minimum absolute atomic E-state index is 0.0225. The zero-order chi connectivity index (χ0) is 16.0. The molecule has 118 valence electrons. The van der Waals surface area contributed by atoms with Gasteiger partial charge in [0.15, 0.2) is 0 Å². The largest absolute Gasteiger partial charge is 0.508 e. The van der Waals surface area contributed by atoms with Gasteiger partial charge in [0.05, 0.1) is 0 Å². The maximum Gasteiger partial charge on any atom is 0.127 e. The molecule has 2 aromatic rings. The fraction of sp³-hybridized carbons (Fsp3) is 0.300. The first kappa shape index (κ1) is 14.2. The molecule has 0 aromatic heterocycles. The Labute approximate surface area is 135 Å². The van der Waals surface area contributed by atoms with E-state index in [1.165, 1.54) is 5.57 Å². The van der Waals surface area contributed by atoms with E-state index in [-0.39, 0.29) is 17.6 Å². The lowest BCUT2D eigenvalue weighted by molar-refractivity contribution is 0.0771. The van der Waals surface area contributed by atoms with Crippen LogP contribution in [0.3, 0.4) is 0 Å². The van der Waals surface area contributed by atoms with E-state index in [0.29, 0.717) is 11.8 Å². The molecule has 3 nitrogen and oxygen atoms in total. The predicted molar refractivity (Wildman–Crippen MR) is 88.8 cm³/mol. The van der Waals surface area contributed by atoms with E-state index in [1.54, 1.807) is 18.2 Å². The Morgan fingerprint density at radius 2 is 1.74 bits per heavy atom. The zero-order valence-electron chi connectivity index (χ0n) is 12.9. The summed E-state index contributed by atoms with van der Waals surface area (Å²) in [4.78, 5) is 0. The van der Waals surface area contributed by atoms with E-state index in [9.17, 15) is 10.2 Å². The molecular weight excluding hydrogens is 288 g/mol. The molecule has 1 aliphatic carbocycles. The molecule has 0 unspecified atom stereocenters. The number of fused-ring (bicyclic) bond motifs is 3. The standard InChI is InChI=1S/C20H20O3/c1-12-2-8-16-17(10-12)18-11-15(22)7-9-19(18)23-20(16)13-3-5-14(21)6-4-13/h3-7,9,11,16-17,20-22H,1-2,8,10H2/t16-,17+,20-/m1/s1. The third-order valence-corrected chi connectivity index (χ3v) is 5.11. The molecule has 23 heavy (non-hydrogen) atoms. The van der Waals surface area contributed by atoms with Gasteiger partial charge in [0.2, 0.25) is 0 Å². The van der Waals surface area contributed by atoms with Crippen LogP contribution in [0.5, 0.6) is 17.2 Å². The zero-order valence-corrected chi connectivity index (χ0v) is 12.9. The SMILES string of the molecule is C=C1CC[C@@H]2[C@H](C1)c1cc(O)ccc1O[C@@H]2c1ccc(O)cc1. The first-order valence-corrected chi connectivity index (χ1v) is 8.07. The molecule has 0 amide bonds. The summed E-state index contributed by atoms with van der Waals surface area (Å²) in [5.74, 6) is 2.08. The lowest BCUT2D eigenvalue weighted by atomic mass is 9.68. The van der Waals surface area contributed by atoms with Crippen LogP contribution in [0.2, 0.25) is 0 Å². The van der Waals surface area contributed by atoms with Gasteiger partial charge in [0.25, 0.3) is 0 Å². The molecule has 0 saturated heterocycles. The topological polar surface area (TPSA) is 49.7 Å². The second-order valence-corrected chi connectivity index (χ2v) is 6.62. The van der Waals surface area contributed by atoms with Crippen molar-refractivity contribution in [3.8, 4) is 17.2 Å². The van der Waals surface area contributed by atoms with Crippen molar-refractivity contribution in [1.82, 2.24) is 0 Å². The molecule has 3 heteroatoms. The summed E-state index contributed by atoms with van der Waals surface area (Å²) in [6.07, 6.45) is 2.97. The summed E-state index contributed by atoms with van der Waals surface area (Å²) in [5, 5.41) is 19.4. The fourth-order valence-electron chi connectivity index (χ4n) is 3.98. The highest BCUT2D eigenvalue weighted by atomic mass is 16.5. The Hall–Kier alpha value is -2.42. The van der Waals surface area contributed by atoms with Crippen LogP contribution in [-0.4, -0.2) is 10.2 Å². The van der Waals surface area contributed by atoms with Gasteiger partial charge < -0.3 is 14.9 Å². The predicted octanol–water partition coefficient (Wildman–Crippen LogP) is 4.67. The molecule has 1 aliphatic heterocycles. The molecule has 0 bridgehead atoms. The van der Waals surface area contributed by atoms with E-state index in [1.807, 2.05) is 24.3 Å². The number of allylic oxidation sites excluding steroid dienone is 1. The van der Waals surface area contributed by atoms with Crippen molar-refractivity contribution < 1.29 is 14.9 Å². The molecule has 1 saturated carbocycles. The van der Waals surface area contributed by atoms with E-state index < -0.39 is 0 Å². The average Bonchev–Trinajstić information content (AvgIpc) is 2.55. The molecule has 1 fully saturated rings. The Kier molecular flexibility index (Phi) is 3.29. The molecule has 2 aromatic carbocycles. The van der Waals surface area contributed by atoms with E-state index in [2.05, 4.69) is 6.58 Å². The van der Waals surface area contributed by atoms with E-state index in [4.69, 9.17) is 4.74 Å². The van der Waals surface area contributed by atoms with E-state index >= 15 is 0 Å². The third kappa shape index (κ3) is 2.46. The van der Waals surface area contributed by atoms with Crippen molar-refractivity contribution in [2.75, 3.05) is 0 Å². The monoisotopic (exact) mass is 308 g/mol. The highest BCUT2D eigenvalue weighted by Gasteiger charge is 2.41. The highest BCUT2D eigenvalue weighted by molar-refractivity contribution is 5.46. The van der Waals surface area contributed by atoms with Crippen molar-refractivity contribution in [2.45, 2.75) is 31.3 Å². The Morgan fingerprint density at radius 1 is 1.00 bits per heavy atom. The van der Waals surface area contributed by atoms with Crippen LogP contribution in [0.1, 0.15) is 42.4 Å². The van der Waals surface area contributed by atoms with Crippen molar-refractivity contribution in [1.29, 1.82) is 0 Å². The number of hydrogen-bond acceptors (Lipinski definition) is 3. The number of phenolic OH excluding ortho intramolecular Hbond substituents is 2. The smallest absolute Gasteiger partial charge is 0.127 e. The molecule has 3 atom stereocenters. The van der Waals surface area contributed by atoms with Gasteiger partial charge in [-0.15, -0.1) is 0 Å². The number of phenols is 2. The number of aromatic hydroxyl groups is 2. The Balaban J connectivity index is 1.78. The third-order valence-electron chi connectivity index (χ3n) is 5.11. The van der Waals surface area contributed by atoms with Gasteiger partial charge >= 0.3 is 0 Å². The number of rotatable bonds is 1. The summed E-state index contributed by atoms with van der Waals surface area (Å²) in [5.41, 5.74) is 3.45. The summed E-state index contributed by atoms with van der Waals surface area (Å²) >= 11 is 0. The summed E-state index contributed by atoms with van der Waals surface area (Å²) in [6.45, 7) is 4.17. The van der Waals surface area contributed by atoms with Gasteiger partial charge in [0, 0.05) is 11.5 Å². The van der Waals surface area contributed by atoms with Gasteiger partial charge in [-0.05, 0) is 61.1 Å². The number of benzene rings is 2. The van der Waals surface area contributed by atoms with E-state index in [0.717, 1.165) is 36.1 Å². The Bertz CT molecular complexity index is 748. The summed E-state index contributed by atoms with van der Waals surface area (Å²) < 4.78 is 6.30. The molecule has 0 radical (unpaired) electrons. The normalized spacial score (nSPS) is 26.1. The van der Waals surface area contributed by atoms with Crippen LogP contribution >= 0.6 is 0 Å². The van der Waals surface area contributed by atoms with Crippen LogP contribution in [-0.2, 0) is 0 Å². The minimum Gasteiger partial charge on any atom is -0.508 e. The molecule has 0 spiro atoms. The highest BCUT2D eigenvalue weighted by Crippen LogP contribution is 2.53. The summed E-state index contributed by atoms with van der Waals surface area (Å²) in [7, 11) is 0. The van der Waals surface area contributed by atoms with Crippen LogP contribution in [0, 0.1) is 5.92 Å². The first-order chi connectivity index (χ1) is 11.1. The second-order valence-electron chi connectivity index (χ2n) is 6.62. The average molecular weight is 308 g/mol. The molecule has 4 rings (SSSR count). The van der Waals surface area contributed by atoms with Gasteiger partial charge in [-0.2, -0.15) is 0 Å². The maximum atomic E-state index is 9.85. The van der Waals surface area contributed by atoms with Gasteiger partial charge in [-0.25, -0.2) is 0 Å². The quantitative estimate of drug-likeness (QED) is 0.753. The van der Waals surface area contributed by atoms with Crippen LogP contribution in [0.25, 0.3) is 0 Å². The van der Waals surface area contributed by atoms with Crippen molar-refractivity contribution in [2.24, 2.45) is 5.92 Å². The first-order valence-electron chi connectivity index (χ1n) is 8.07. The molecule has 1 heterocycles. The Morgan fingerprint density at radius 3 is 2.52 bits per heavy atom. The lowest BCUT2D eigenvalue weighted by Gasteiger charge is -2.43. The van der Waals surface area contributed by atoms with Crippen LogP contribution in [0.4, 0.5) is 0 Å². The summed E-state index contributed by atoms with van der Waals surface area (Å²) in [6, 6.07) is 12.6. The van der Waals surface area contributed by atoms with Crippen molar-refractivity contribution >= 4 is 0 Å². The van der Waals surface area contributed by atoms with Crippen LogP contribution in [0.15, 0.2) is 54.6 Å².